The molecule has 6 nitrogen and oxygen atoms in total. The molecule has 0 aliphatic rings. The normalized spacial score (nSPS) is 10.2. The number of nitro groups is 1. The zero-order chi connectivity index (χ0) is 12.3. The number of para-hydroxylation sites is 1. The van der Waals surface area contributed by atoms with Gasteiger partial charge in [0.25, 0.3) is 0 Å². The molecule has 0 unspecified atom stereocenters. The third-order valence-corrected chi connectivity index (χ3v) is 2.43. The van der Waals surface area contributed by atoms with Crippen molar-refractivity contribution in [2.24, 2.45) is 0 Å². The van der Waals surface area contributed by atoms with Gasteiger partial charge in [-0.3, -0.25) is 10.1 Å². The van der Waals surface area contributed by atoms with Crippen LogP contribution in [0.15, 0.2) is 35.1 Å². The molecule has 1 N–H and O–H groups in total. The van der Waals surface area contributed by atoms with Crippen LogP contribution in [-0.4, -0.2) is 10.1 Å². The summed E-state index contributed by atoms with van der Waals surface area (Å²) in [5.74, 6) is 0. The molecule has 1 aromatic carbocycles. The Morgan fingerprint density at radius 2 is 2.29 bits per heavy atom. The number of nitro benzene ring substituents is 1. The number of nitrogens with one attached hydrogen (secondary N) is 1. The molecule has 0 spiro atoms. The molecule has 0 aliphatic carbocycles. The largest absolute Gasteiger partial charge is 0.374 e. The lowest BCUT2D eigenvalue weighted by molar-refractivity contribution is -0.383. The number of halogens is 1. The van der Waals surface area contributed by atoms with Gasteiger partial charge in [-0.1, -0.05) is 22.8 Å². The van der Waals surface area contributed by atoms with Crippen molar-refractivity contribution < 1.29 is 9.45 Å². The fraction of sp³-hybridized carbons (Fsp3) is 0.100. The number of hydrogen-bond acceptors (Lipinski definition) is 5. The van der Waals surface area contributed by atoms with E-state index in [9.17, 15) is 10.1 Å². The quantitative estimate of drug-likeness (QED) is 0.669. The second-order valence-corrected chi connectivity index (χ2v) is 3.64. The first-order valence-corrected chi connectivity index (χ1v) is 5.12. The van der Waals surface area contributed by atoms with Gasteiger partial charge in [0, 0.05) is 6.07 Å². The van der Waals surface area contributed by atoms with E-state index in [0.717, 1.165) is 0 Å². The monoisotopic (exact) mass is 253 g/mol. The van der Waals surface area contributed by atoms with E-state index in [4.69, 9.17) is 11.6 Å². The molecule has 17 heavy (non-hydrogen) atoms. The van der Waals surface area contributed by atoms with Gasteiger partial charge in [0.2, 0.25) is 0 Å². The zero-order valence-electron chi connectivity index (χ0n) is 8.59. The first kappa shape index (κ1) is 11.4. The van der Waals surface area contributed by atoms with E-state index in [1.165, 1.54) is 12.3 Å². The Morgan fingerprint density at radius 3 is 2.94 bits per heavy atom. The summed E-state index contributed by atoms with van der Waals surface area (Å²) < 4.78 is 4.65. The molecule has 0 saturated heterocycles. The molecule has 0 atom stereocenters. The average Bonchev–Trinajstić information content (AvgIpc) is 2.78. The zero-order valence-corrected chi connectivity index (χ0v) is 9.35. The Morgan fingerprint density at radius 1 is 1.47 bits per heavy atom. The summed E-state index contributed by atoms with van der Waals surface area (Å²) in [5, 5.41) is 17.5. The predicted octanol–water partition coefficient (Wildman–Crippen LogP) is 2.85. The van der Waals surface area contributed by atoms with Crippen molar-refractivity contribution in [3.05, 3.63) is 51.4 Å². The lowest BCUT2D eigenvalue weighted by Gasteiger charge is -2.05. The number of hydrogen-bond donors (Lipinski definition) is 1. The molecule has 1 aromatic heterocycles. The van der Waals surface area contributed by atoms with Crippen LogP contribution in [0.5, 0.6) is 0 Å². The van der Waals surface area contributed by atoms with E-state index in [0.29, 0.717) is 17.9 Å². The van der Waals surface area contributed by atoms with Crippen LogP contribution in [0.1, 0.15) is 5.69 Å². The van der Waals surface area contributed by atoms with Crippen LogP contribution in [0.25, 0.3) is 0 Å². The maximum atomic E-state index is 10.9. The number of nitrogens with zero attached hydrogens (tertiary/aromatic N) is 2. The Kier molecular flexibility index (Phi) is 3.24. The Hall–Kier alpha value is -2.08. The third-order valence-electron chi connectivity index (χ3n) is 2.12. The SMILES string of the molecule is O=[N+]([O-])c1c(Cl)cccc1NCc1ccon1. The van der Waals surface area contributed by atoms with Gasteiger partial charge in [-0.05, 0) is 12.1 Å². The van der Waals surface area contributed by atoms with Crippen LogP contribution in [-0.2, 0) is 6.54 Å². The van der Waals surface area contributed by atoms with E-state index in [-0.39, 0.29) is 10.7 Å². The van der Waals surface area contributed by atoms with Crippen LogP contribution in [0.4, 0.5) is 11.4 Å². The second-order valence-electron chi connectivity index (χ2n) is 3.24. The van der Waals surface area contributed by atoms with E-state index in [1.807, 2.05) is 0 Å². The molecule has 0 radical (unpaired) electrons. The molecular weight excluding hydrogens is 246 g/mol. The first-order valence-electron chi connectivity index (χ1n) is 4.74. The lowest BCUT2D eigenvalue weighted by atomic mass is 10.2. The van der Waals surface area contributed by atoms with Gasteiger partial charge in [0.15, 0.2) is 0 Å². The number of aromatic nitrogens is 1. The van der Waals surface area contributed by atoms with E-state index in [2.05, 4.69) is 15.0 Å². The van der Waals surface area contributed by atoms with Crippen molar-refractivity contribution >= 4 is 23.0 Å². The van der Waals surface area contributed by atoms with Crippen LogP contribution in [0.3, 0.4) is 0 Å². The minimum atomic E-state index is -0.520. The summed E-state index contributed by atoms with van der Waals surface area (Å²) in [6, 6.07) is 6.37. The lowest BCUT2D eigenvalue weighted by Crippen LogP contribution is -2.03. The molecule has 1 heterocycles. The number of benzene rings is 1. The predicted molar refractivity (Wildman–Crippen MR) is 61.9 cm³/mol. The first-order chi connectivity index (χ1) is 8.18. The van der Waals surface area contributed by atoms with E-state index >= 15 is 0 Å². The van der Waals surface area contributed by atoms with Crippen molar-refractivity contribution in [1.82, 2.24) is 5.16 Å². The standard InChI is InChI=1S/C10H8ClN3O3/c11-8-2-1-3-9(10(8)14(15)16)12-6-7-4-5-17-13-7/h1-5,12H,6H2. The van der Waals surface area contributed by atoms with Gasteiger partial charge in [-0.25, -0.2) is 0 Å². The molecule has 88 valence electrons. The summed E-state index contributed by atoms with van der Waals surface area (Å²) in [6.45, 7) is 0.331. The second kappa shape index (κ2) is 4.84. The highest BCUT2D eigenvalue weighted by molar-refractivity contribution is 6.33. The summed E-state index contributed by atoms with van der Waals surface area (Å²) in [6.07, 6.45) is 1.43. The summed E-state index contributed by atoms with van der Waals surface area (Å²) in [5.41, 5.74) is 0.863. The van der Waals surface area contributed by atoms with Gasteiger partial charge in [-0.2, -0.15) is 0 Å². The fourth-order valence-corrected chi connectivity index (χ4v) is 1.60. The molecule has 0 saturated carbocycles. The Labute approximate surface area is 101 Å². The van der Waals surface area contributed by atoms with E-state index in [1.54, 1.807) is 18.2 Å². The number of anilines is 1. The highest BCUT2D eigenvalue weighted by Gasteiger charge is 2.17. The van der Waals surface area contributed by atoms with Crippen LogP contribution < -0.4 is 5.32 Å². The summed E-state index contributed by atoms with van der Waals surface area (Å²) in [4.78, 5) is 10.3. The van der Waals surface area contributed by atoms with Crippen molar-refractivity contribution in [3.63, 3.8) is 0 Å². The van der Waals surface area contributed by atoms with Crippen molar-refractivity contribution in [2.75, 3.05) is 5.32 Å². The summed E-state index contributed by atoms with van der Waals surface area (Å²) >= 11 is 5.77. The van der Waals surface area contributed by atoms with Crippen molar-refractivity contribution in [1.29, 1.82) is 0 Å². The third kappa shape index (κ3) is 2.54. The van der Waals surface area contributed by atoms with Crippen molar-refractivity contribution in [3.8, 4) is 0 Å². The smallest absolute Gasteiger partial charge is 0.310 e. The van der Waals surface area contributed by atoms with E-state index < -0.39 is 4.92 Å². The molecule has 0 amide bonds. The molecular formula is C10H8ClN3O3. The highest BCUT2D eigenvalue weighted by atomic mass is 35.5. The maximum absolute atomic E-state index is 10.9. The molecule has 0 bridgehead atoms. The molecule has 0 fully saturated rings. The Bertz CT molecular complexity index is 528. The minimum Gasteiger partial charge on any atom is -0.374 e. The number of rotatable bonds is 4. The Balaban J connectivity index is 2.21. The maximum Gasteiger partial charge on any atom is 0.310 e. The van der Waals surface area contributed by atoms with Crippen LogP contribution in [0.2, 0.25) is 5.02 Å². The molecule has 7 heteroatoms. The molecule has 0 aliphatic heterocycles. The molecule has 2 aromatic rings. The van der Waals surface area contributed by atoms with Gasteiger partial charge in [-0.15, -0.1) is 0 Å². The minimum absolute atomic E-state index is 0.0974. The van der Waals surface area contributed by atoms with Gasteiger partial charge < -0.3 is 9.84 Å². The van der Waals surface area contributed by atoms with Gasteiger partial charge in [0.05, 0.1) is 11.5 Å². The van der Waals surface area contributed by atoms with Crippen LogP contribution in [0, 0.1) is 10.1 Å². The molecule has 2 rings (SSSR count). The topological polar surface area (TPSA) is 81.2 Å². The van der Waals surface area contributed by atoms with Gasteiger partial charge in [0.1, 0.15) is 22.7 Å². The fourth-order valence-electron chi connectivity index (χ4n) is 1.36. The average molecular weight is 254 g/mol. The summed E-state index contributed by atoms with van der Waals surface area (Å²) in [7, 11) is 0. The highest BCUT2D eigenvalue weighted by Crippen LogP contribution is 2.32. The van der Waals surface area contributed by atoms with Gasteiger partial charge >= 0.3 is 5.69 Å². The van der Waals surface area contributed by atoms with Crippen molar-refractivity contribution in [2.45, 2.75) is 6.54 Å². The van der Waals surface area contributed by atoms with Crippen LogP contribution >= 0.6 is 11.6 Å².